The molecule has 0 bridgehead atoms. The van der Waals surface area contributed by atoms with Gasteiger partial charge >= 0.3 is 0 Å². The van der Waals surface area contributed by atoms with Crippen molar-refractivity contribution >= 4 is 15.9 Å². The van der Waals surface area contributed by atoms with Crippen molar-refractivity contribution in [2.45, 2.75) is 65.2 Å². The van der Waals surface area contributed by atoms with E-state index in [4.69, 9.17) is 0 Å². The van der Waals surface area contributed by atoms with Crippen LogP contribution in [0.25, 0.3) is 0 Å². The highest BCUT2D eigenvalue weighted by atomic mass is 79.9. The zero-order valence-corrected chi connectivity index (χ0v) is 12.9. The van der Waals surface area contributed by atoms with Crippen LogP contribution in [0, 0.1) is 0 Å². The molecule has 0 rings (SSSR count). The molecule has 0 N–H and O–H groups in total. The first kappa shape index (κ1) is 16.4. The van der Waals surface area contributed by atoms with Gasteiger partial charge in [-0.25, -0.2) is 0 Å². The molecule has 0 amide bonds. The Balaban J connectivity index is 3.12. The second-order valence-electron chi connectivity index (χ2n) is 4.60. The Hall–Kier alpha value is 0.440. The number of nitrogens with zero attached hydrogens (tertiary/aromatic N) is 1. The van der Waals surface area contributed by atoms with Gasteiger partial charge in [0, 0.05) is 5.33 Å². The van der Waals surface area contributed by atoms with Crippen molar-refractivity contribution in [1.29, 1.82) is 0 Å². The Bertz CT molecular complexity index is 128. The predicted molar refractivity (Wildman–Crippen MR) is 78.5 cm³/mol. The standard InChI is InChI=1S/C14H30BrN/c1-3-13-16(4-2)14-11-9-7-5-6-8-10-12-15/h3-14H2,1-2H3. The van der Waals surface area contributed by atoms with Gasteiger partial charge in [-0.15, -0.1) is 0 Å². The van der Waals surface area contributed by atoms with Crippen LogP contribution in [-0.2, 0) is 0 Å². The van der Waals surface area contributed by atoms with E-state index in [1.807, 2.05) is 0 Å². The van der Waals surface area contributed by atoms with Gasteiger partial charge in [-0.2, -0.15) is 0 Å². The van der Waals surface area contributed by atoms with Crippen LogP contribution < -0.4 is 0 Å². The summed E-state index contributed by atoms with van der Waals surface area (Å²) in [6.45, 7) is 8.36. The van der Waals surface area contributed by atoms with Gasteiger partial charge in [0.05, 0.1) is 0 Å². The molecule has 0 spiro atoms. The average Bonchev–Trinajstić information content (AvgIpc) is 2.31. The highest BCUT2D eigenvalue weighted by Gasteiger charge is 1.99. The molecule has 0 saturated heterocycles. The zero-order chi connectivity index (χ0) is 12.1. The van der Waals surface area contributed by atoms with Crippen LogP contribution in [0.1, 0.15) is 65.2 Å². The van der Waals surface area contributed by atoms with Crippen molar-refractivity contribution in [1.82, 2.24) is 4.90 Å². The van der Waals surface area contributed by atoms with Crippen molar-refractivity contribution in [2.75, 3.05) is 25.0 Å². The lowest BCUT2D eigenvalue weighted by molar-refractivity contribution is 0.281. The van der Waals surface area contributed by atoms with E-state index in [2.05, 4.69) is 34.7 Å². The summed E-state index contributed by atoms with van der Waals surface area (Å²) in [7, 11) is 0. The van der Waals surface area contributed by atoms with Gasteiger partial charge in [0.2, 0.25) is 0 Å². The van der Waals surface area contributed by atoms with E-state index in [1.165, 1.54) is 76.3 Å². The smallest absolute Gasteiger partial charge is 0.00313 e. The molecule has 1 nitrogen and oxygen atoms in total. The second kappa shape index (κ2) is 13.5. The number of alkyl halides is 1. The molecule has 0 saturated carbocycles. The molecule has 0 aromatic carbocycles. The predicted octanol–water partition coefficient (Wildman–Crippen LogP) is 4.84. The summed E-state index contributed by atoms with van der Waals surface area (Å²) in [4.78, 5) is 2.57. The summed E-state index contributed by atoms with van der Waals surface area (Å²) in [6.07, 6.45) is 11.2. The van der Waals surface area contributed by atoms with E-state index < -0.39 is 0 Å². The number of unbranched alkanes of at least 4 members (excludes halogenated alkanes) is 6. The quantitative estimate of drug-likeness (QED) is 0.367. The number of hydrogen-bond donors (Lipinski definition) is 0. The maximum Gasteiger partial charge on any atom is 0.00313 e. The molecule has 2 heteroatoms. The molecular formula is C14H30BrN. The molecule has 0 atom stereocenters. The Kier molecular flexibility index (Phi) is 13.9. The van der Waals surface area contributed by atoms with Crippen LogP contribution in [0.15, 0.2) is 0 Å². The molecular weight excluding hydrogens is 262 g/mol. The third-order valence-corrected chi connectivity index (χ3v) is 3.66. The van der Waals surface area contributed by atoms with Gasteiger partial charge in [-0.3, -0.25) is 0 Å². The number of halogens is 1. The Morgan fingerprint density at radius 2 is 1.31 bits per heavy atom. The highest BCUT2D eigenvalue weighted by molar-refractivity contribution is 9.09. The maximum absolute atomic E-state index is 3.48. The van der Waals surface area contributed by atoms with E-state index in [0.717, 1.165) is 0 Å². The van der Waals surface area contributed by atoms with E-state index in [0.29, 0.717) is 0 Å². The van der Waals surface area contributed by atoms with Crippen LogP contribution in [0.2, 0.25) is 0 Å². The molecule has 0 radical (unpaired) electrons. The van der Waals surface area contributed by atoms with E-state index in [9.17, 15) is 0 Å². The van der Waals surface area contributed by atoms with Crippen LogP contribution in [-0.4, -0.2) is 29.9 Å². The van der Waals surface area contributed by atoms with Crippen LogP contribution >= 0.6 is 15.9 Å². The molecule has 0 aliphatic heterocycles. The fraction of sp³-hybridized carbons (Fsp3) is 1.00. The summed E-state index contributed by atoms with van der Waals surface area (Å²) in [6, 6.07) is 0. The Labute approximate surface area is 111 Å². The molecule has 0 aliphatic rings. The largest absolute Gasteiger partial charge is 0.304 e. The molecule has 98 valence electrons. The molecule has 0 heterocycles. The van der Waals surface area contributed by atoms with Crippen molar-refractivity contribution in [3.05, 3.63) is 0 Å². The normalized spacial score (nSPS) is 11.2. The van der Waals surface area contributed by atoms with Gasteiger partial charge in [0.1, 0.15) is 0 Å². The van der Waals surface area contributed by atoms with Crippen molar-refractivity contribution < 1.29 is 0 Å². The first-order valence-electron chi connectivity index (χ1n) is 7.13. The minimum Gasteiger partial charge on any atom is -0.304 e. The Morgan fingerprint density at radius 3 is 1.81 bits per heavy atom. The third kappa shape index (κ3) is 10.9. The maximum atomic E-state index is 3.48. The molecule has 0 aliphatic carbocycles. The fourth-order valence-electron chi connectivity index (χ4n) is 2.06. The summed E-state index contributed by atoms with van der Waals surface area (Å²) in [5.74, 6) is 0. The van der Waals surface area contributed by atoms with E-state index in [1.54, 1.807) is 0 Å². The van der Waals surface area contributed by atoms with E-state index >= 15 is 0 Å². The minimum atomic E-state index is 1.18. The molecule has 16 heavy (non-hydrogen) atoms. The average molecular weight is 292 g/mol. The fourth-order valence-corrected chi connectivity index (χ4v) is 2.45. The van der Waals surface area contributed by atoms with Gasteiger partial charge in [-0.05, 0) is 38.9 Å². The highest BCUT2D eigenvalue weighted by Crippen LogP contribution is 2.08. The monoisotopic (exact) mass is 291 g/mol. The lowest BCUT2D eigenvalue weighted by atomic mass is 10.1. The lowest BCUT2D eigenvalue weighted by Crippen LogP contribution is -2.25. The summed E-state index contributed by atoms with van der Waals surface area (Å²) in [5, 5.41) is 1.18. The molecule has 0 aromatic heterocycles. The van der Waals surface area contributed by atoms with Gasteiger partial charge in [-0.1, -0.05) is 61.9 Å². The van der Waals surface area contributed by atoms with Gasteiger partial charge in [0.25, 0.3) is 0 Å². The lowest BCUT2D eigenvalue weighted by Gasteiger charge is -2.19. The van der Waals surface area contributed by atoms with Crippen molar-refractivity contribution in [3.63, 3.8) is 0 Å². The zero-order valence-electron chi connectivity index (χ0n) is 11.3. The van der Waals surface area contributed by atoms with Gasteiger partial charge in [0.15, 0.2) is 0 Å². The van der Waals surface area contributed by atoms with Crippen molar-refractivity contribution in [2.24, 2.45) is 0 Å². The van der Waals surface area contributed by atoms with E-state index in [-0.39, 0.29) is 0 Å². The number of rotatable bonds is 12. The Morgan fingerprint density at radius 1 is 0.750 bits per heavy atom. The van der Waals surface area contributed by atoms with Gasteiger partial charge < -0.3 is 4.90 Å². The SMILES string of the molecule is CCCN(CC)CCCCCCCCCBr. The second-order valence-corrected chi connectivity index (χ2v) is 5.39. The third-order valence-electron chi connectivity index (χ3n) is 3.10. The minimum absolute atomic E-state index is 1.18. The van der Waals surface area contributed by atoms with Crippen LogP contribution in [0.5, 0.6) is 0 Å². The summed E-state index contributed by atoms with van der Waals surface area (Å²) >= 11 is 3.48. The first-order chi connectivity index (χ1) is 7.85. The first-order valence-corrected chi connectivity index (χ1v) is 8.25. The summed E-state index contributed by atoms with van der Waals surface area (Å²) in [5.41, 5.74) is 0. The molecule has 0 unspecified atom stereocenters. The van der Waals surface area contributed by atoms with Crippen LogP contribution in [0.3, 0.4) is 0 Å². The van der Waals surface area contributed by atoms with Crippen molar-refractivity contribution in [3.8, 4) is 0 Å². The van der Waals surface area contributed by atoms with Crippen LogP contribution in [0.4, 0.5) is 0 Å². The number of hydrogen-bond acceptors (Lipinski definition) is 1. The molecule has 0 fully saturated rings. The summed E-state index contributed by atoms with van der Waals surface area (Å²) < 4.78 is 0. The molecule has 0 aromatic rings. The topological polar surface area (TPSA) is 3.24 Å².